The van der Waals surface area contributed by atoms with Crippen LogP contribution in [0.3, 0.4) is 0 Å². The van der Waals surface area contributed by atoms with Crippen molar-refractivity contribution >= 4 is 5.97 Å². The minimum atomic E-state index is -0.389. The first-order valence-corrected chi connectivity index (χ1v) is 9.82. The monoisotopic (exact) mass is 340 g/mol. The van der Waals surface area contributed by atoms with Crippen LogP contribution >= 0.6 is 0 Å². The van der Waals surface area contributed by atoms with Crippen molar-refractivity contribution in [3.63, 3.8) is 0 Å². The topological polar surface area (TPSA) is 66.8 Å². The van der Waals surface area contributed by atoms with E-state index in [-0.39, 0.29) is 30.0 Å². The van der Waals surface area contributed by atoms with Crippen LogP contribution in [-0.2, 0) is 9.53 Å². The lowest BCUT2D eigenvalue weighted by atomic mass is 9.74. The van der Waals surface area contributed by atoms with Crippen molar-refractivity contribution < 1.29 is 19.7 Å². The second kappa shape index (κ2) is 8.66. The van der Waals surface area contributed by atoms with Gasteiger partial charge in [0.25, 0.3) is 0 Å². The molecule has 2 N–H and O–H groups in total. The van der Waals surface area contributed by atoms with Crippen LogP contribution in [0.5, 0.6) is 0 Å². The third-order valence-corrected chi connectivity index (χ3v) is 6.35. The molecular formula is C20H36O4. The van der Waals surface area contributed by atoms with Crippen LogP contribution in [0, 0.1) is 35.5 Å². The van der Waals surface area contributed by atoms with Crippen molar-refractivity contribution in [1.29, 1.82) is 0 Å². The highest BCUT2D eigenvalue weighted by Gasteiger charge is 2.36. The van der Waals surface area contributed by atoms with Gasteiger partial charge in [0.15, 0.2) is 0 Å². The molecule has 4 heteroatoms. The van der Waals surface area contributed by atoms with E-state index in [9.17, 15) is 15.0 Å². The highest BCUT2D eigenvalue weighted by atomic mass is 16.5. The highest BCUT2D eigenvalue weighted by molar-refractivity contribution is 5.72. The van der Waals surface area contributed by atoms with Crippen LogP contribution in [0.15, 0.2) is 0 Å². The molecule has 0 bridgehead atoms. The second-order valence-corrected chi connectivity index (χ2v) is 8.77. The molecule has 4 nitrogen and oxygen atoms in total. The van der Waals surface area contributed by atoms with Crippen LogP contribution in [0.4, 0.5) is 0 Å². The molecule has 6 atom stereocenters. The summed E-state index contributed by atoms with van der Waals surface area (Å²) in [5.74, 6) is 1.59. The lowest BCUT2D eigenvalue weighted by Crippen LogP contribution is -2.37. The Morgan fingerprint density at radius 1 is 0.917 bits per heavy atom. The predicted octanol–water partition coefficient (Wildman–Crippen LogP) is 3.40. The smallest absolute Gasteiger partial charge is 0.309 e. The van der Waals surface area contributed by atoms with E-state index in [0.717, 1.165) is 32.1 Å². The maximum absolute atomic E-state index is 12.3. The van der Waals surface area contributed by atoms with E-state index in [1.807, 2.05) is 0 Å². The summed E-state index contributed by atoms with van der Waals surface area (Å²) in [4.78, 5) is 12.3. The van der Waals surface area contributed by atoms with Crippen molar-refractivity contribution in [2.75, 3.05) is 6.61 Å². The zero-order chi connectivity index (χ0) is 17.9. The predicted molar refractivity (Wildman–Crippen MR) is 94.3 cm³/mol. The van der Waals surface area contributed by atoms with E-state index in [1.165, 1.54) is 0 Å². The van der Waals surface area contributed by atoms with Gasteiger partial charge in [-0.15, -0.1) is 0 Å². The largest absolute Gasteiger partial charge is 0.465 e. The quantitative estimate of drug-likeness (QED) is 0.753. The Hall–Kier alpha value is -0.610. The fourth-order valence-corrected chi connectivity index (χ4v) is 4.66. The Bertz CT molecular complexity index is 406. The Morgan fingerprint density at radius 3 is 1.96 bits per heavy atom. The Kier molecular flexibility index (Phi) is 7.11. The Balaban J connectivity index is 1.74. The van der Waals surface area contributed by atoms with Gasteiger partial charge in [-0.3, -0.25) is 4.79 Å². The molecule has 0 radical (unpaired) electrons. The van der Waals surface area contributed by atoms with Crippen LogP contribution < -0.4 is 0 Å². The average molecular weight is 341 g/mol. The van der Waals surface area contributed by atoms with Crippen LogP contribution in [0.2, 0.25) is 0 Å². The maximum atomic E-state index is 12.3. The van der Waals surface area contributed by atoms with Crippen molar-refractivity contribution in [1.82, 2.24) is 0 Å². The van der Waals surface area contributed by atoms with Gasteiger partial charge in [0.1, 0.15) is 0 Å². The molecule has 0 spiro atoms. The highest BCUT2D eigenvalue weighted by Crippen LogP contribution is 2.36. The van der Waals surface area contributed by atoms with Gasteiger partial charge in [-0.05, 0) is 68.1 Å². The minimum Gasteiger partial charge on any atom is -0.465 e. The molecule has 0 aromatic heterocycles. The van der Waals surface area contributed by atoms with Gasteiger partial charge in [0, 0.05) is 0 Å². The van der Waals surface area contributed by atoms with Gasteiger partial charge in [-0.1, -0.05) is 27.7 Å². The summed E-state index contributed by atoms with van der Waals surface area (Å²) in [5, 5.41) is 20.5. The van der Waals surface area contributed by atoms with Crippen LogP contribution in [-0.4, -0.2) is 35.0 Å². The SMILES string of the molecule is CC(C)C1CCC(COC(=O)C2CCC(C(C)C)C(O)C2)CC1O. The summed E-state index contributed by atoms with van der Waals surface area (Å²) in [5.41, 5.74) is 0. The van der Waals surface area contributed by atoms with Crippen molar-refractivity contribution in [3.05, 3.63) is 0 Å². The van der Waals surface area contributed by atoms with Gasteiger partial charge in [-0.25, -0.2) is 0 Å². The lowest BCUT2D eigenvalue weighted by Gasteiger charge is -2.36. The summed E-state index contributed by atoms with van der Waals surface area (Å²) < 4.78 is 5.55. The van der Waals surface area contributed by atoms with Gasteiger partial charge in [0.05, 0.1) is 24.7 Å². The lowest BCUT2D eigenvalue weighted by molar-refractivity contribution is -0.154. The number of carbonyl (C=O) groups is 1. The molecule has 0 aromatic rings. The van der Waals surface area contributed by atoms with E-state index < -0.39 is 0 Å². The van der Waals surface area contributed by atoms with E-state index in [1.54, 1.807) is 0 Å². The zero-order valence-electron chi connectivity index (χ0n) is 15.8. The number of carbonyl (C=O) groups excluding carboxylic acids is 1. The number of aliphatic hydroxyl groups is 2. The first kappa shape index (κ1) is 19.7. The average Bonchev–Trinajstić information content (AvgIpc) is 2.51. The first-order valence-electron chi connectivity index (χ1n) is 9.82. The molecule has 0 saturated heterocycles. The molecule has 2 aliphatic carbocycles. The third kappa shape index (κ3) is 4.95. The van der Waals surface area contributed by atoms with E-state index in [2.05, 4.69) is 27.7 Å². The number of rotatable bonds is 5. The number of hydrogen-bond acceptors (Lipinski definition) is 4. The number of ether oxygens (including phenoxy) is 1. The van der Waals surface area contributed by atoms with E-state index >= 15 is 0 Å². The van der Waals surface area contributed by atoms with Crippen molar-refractivity contribution in [2.45, 2.75) is 78.4 Å². The molecule has 0 amide bonds. The van der Waals surface area contributed by atoms with E-state index in [4.69, 9.17) is 4.74 Å². The van der Waals surface area contributed by atoms with Gasteiger partial charge in [-0.2, -0.15) is 0 Å². The van der Waals surface area contributed by atoms with Crippen LogP contribution in [0.25, 0.3) is 0 Å². The summed E-state index contributed by atoms with van der Waals surface area (Å²) in [7, 11) is 0. The van der Waals surface area contributed by atoms with Crippen molar-refractivity contribution in [2.24, 2.45) is 35.5 Å². The second-order valence-electron chi connectivity index (χ2n) is 8.77. The normalized spacial score (nSPS) is 37.7. The minimum absolute atomic E-state index is 0.156. The fraction of sp³-hybridized carbons (Fsp3) is 0.950. The molecule has 6 unspecified atom stereocenters. The summed E-state index contributed by atoms with van der Waals surface area (Å²) >= 11 is 0. The summed E-state index contributed by atoms with van der Waals surface area (Å²) in [6.45, 7) is 9.00. The van der Waals surface area contributed by atoms with Gasteiger partial charge >= 0.3 is 5.97 Å². The fourth-order valence-electron chi connectivity index (χ4n) is 4.66. The zero-order valence-corrected chi connectivity index (χ0v) is 15.8. The maximum Gasteiger partial charge on any atom is 0.309 e. The standard InChI is InChI=1S/C20H36O4/c1-12(2)16-7-5-14(9-18(16)21)11-24-20(23)15-6-8-17(13(3)4)19(22)10-15/h12-19,21-22H,5-11H2,1-4H3. The van der Waals surface area contributed by atoms with E-state index in [0.29, 0.717) is 36.7 Å². The molecule has 2 rings (SSSR count). The third-order valence-electron chi connectivity index (χ3n) is 6.35. The molecule has 140 valence electrons. The van der Waals surface area contributed by atoms with Gasteiger partial charge in [0.2, 0.25) is 0 Å². The Morgan fingerprint density at radius 2 is 1.46 bits per heavy atom. The first-order chi connectivity index (χ1) is 11.3. The number of esters is 1. The molecule has 0 aliphatic heterocycles. The number of aliphatic hydroxyl groups excluding tert-OH is 2. The van der Waals surface area contributed by atoms with Crippen molar-refractivity contribution in [3.8, 4) is 0 Å². The molecule has 2 aliphatic rings. The number of hydrogen-bond donors (Lipinski definition) is 2. The molecule has 2 saturated carbocycles. The Labute approximate surface area is 147 Å². The molecular weight excluding hydrogens is 304 g/mol. The van der Waals surface area contributed by atoms with Crippen LogP contribution in [0.1, 0.15) is 66.2 Å². The summed E-state index contributed by atoms with van der Waals surface area (Å²) in [6, 6.07) is 0. The molecule has 24 heavy (non-hydrogen) atoms. The van der Waals surface area contributed by atoms with Gasteiger partial charge < -0.3 is 14.9 Å². The molecule has 0 heterocycles. The molecule has 2 fully saturated rings. The molecule has 0 aromatic carbocycles. The summed E-state index contributed by atoms with van der Waals surface area (Å²) in [6.07, 6.45) is 4.36.